The fourth-order valence-corrected chi connectivity index (χ4v) is 2.74. The van der Waals surface area contributed by atoms with Gasteiger partial charge < -0.3 is 10.6 Å². The van der Waals surface area contributed by atoms with Crippen molar-refractivity contribution in [3.05, 3.63) is 28.8 Å². The molecule has 4 heteroatoms. The minimum atomic E-state index is 0.337. The molecule has 1 aromatic rings. The summed E-state index contributed by atoms with van der Waals surface area (Å²) in [5.41, 5.74) is 7.52. The molecule has 0 saturated heterocycles. The molecule has 0 amide bonds. The molecule has 1 aliphatic rings. The van der Waals surface area contributed by atoms with Crippen LogP contribution in [-0.4, -0.2) is 19.1 Å². The molecular weight excluding hydrogens is 246 g/mol. The Balaban J connectivity index is 2.20. The Morgan fingerprint density at radius 3 is 2.61 bits per heavy atom. The van der Waals surface area contributed by atoms with Gasteiger partial charge in [-0.3, -0.25) is 0 Å². The van der Waals surface area contributed by atoms with Crippen LogP contribution in [0.1, 0.15) is 31.2 Å². The average Bonchev–Trinajstić information content (AvgIpc) is 2.39. The van der Waals surface area contributed by atoms with Gasteiger partial charge in [-0.2, -0.15) is 5.26 Å². The lowest BCUT2D eigenvalue weighted by molar-refractivity contribution is 0.385. The maximum absolute atomic E-state index is 9.16. The highest BCUT2D eigenvalue weighted by atomic mass is 35.5. The number of nitriles is 1. The van der Waals surface area contributed by atoms with Crippen molar-refractivity contribution in [1.29, 1.82) is 5.26 Å². The normalized spacial score (nSPS) is 23.4. The summed E-state index contributed by atoms with van der Waals surface area (Å²) in [6.07, 6.45) is 4.26. The van der Waals surface area contributed by atoms with Gasteiger partial charge in [-0.25, -0.2) is 0 Å². The smallest absolute Gasteiger partial charge is 0.101 e. The first-order chi connectivity index (χ1) is 8.61. The van der Waals surface area contributed by atoms with Crippen LogP contribution in [0, 0.1) is 11.3 Å². The third-order valence-electron chi connectivity index (χ3n) is 3.75. The van der Waals surface area contributed by atoms with E-state index >= 15 is 0 Å². The Morgan fingerprint density at radius 2 is 2.00 bits per heavy atom. The molecule has 96 valence electrons. The van der Waals surface area contributed by atoms with Crippen LogP contribution in [0.25, 0.3) is 0 Å². The van der Waals surface area contributed by atoms with Crippen molar-refractivity contribution in [3.63, 3.8) is 0 Å². The molecule has 18 heavy (non-hydrogen) atoms. The maximum Gasteiger partial charge on any atom is 0.101 e. The molecule has 1 aliphatic carbocycles. The van der Waals surface area contributed by atoms with Crippen molar-refractivity contribution in [2.45, 2.75) is 37.8 Å². The molecule has 0 unspecified atom stereocenters. The first-order valence-corrected chi connectivity index (χ1v) is 6.67. The molecule has 1 saturated carbocycles. The Bertz CT molecular complexity index is 459. The number of hydrogen-bond donors (Lipinski definition) is 1. The van der Waals surface area contributed by atoms with Crippen LogP contribution < -0.4 is 10.6 Å². The summed E-state index contributed by atoms with van der Waals surface area (Å²) in [4.78, 5) is 2.18. The first-order valence-electron chi connectivity index (χ1n) is 6.30. The van der Waals surface area contributed by atoms with Crippen LogP contribution in [-0.2, 0) is 0 Å². The van der Waals surface area contributed by atoms with E-state index in [1.54, 1.807) is 12.1 Å². The van der Waals surface area contributed by atoms with Crippen molar-refractivity contribution in [2.75, 3.05) is 11.9 Å². The summed E-state index contributed by atoms with van der Waals surface area (Å²) in [7, 11) is 2.04. The molecule has 0 bridgehead atoms. The third-order valence-corrected chi connectivity index (χ3v) is 3.98. The number of halogens is 1. The summed E-state index contributed by atoms with van der Waals surface area (Å²) in [5.74, 6) is 0. The first kappa shape index (κ1) is 13.2. The summed E-state index contributed by atoms with van der Waals surface area (Å²) < 4.78 is 0. The lowest BCUT2D eigenvalue weighted by Gasteiger charge is -2.35. The van der Waals surface area contributed by atoms with E-state index in [9.17, 15) is 0 Å². The standard InChI is InChI=1S/C14H18ClN3/c1-18(13-6-4-12(17)5-7-13)14-8-11(15)3-2-10(14)9-16/h2-3,8,12-13H,4-7,17H2,1H3. The quantitative estimate of drug-likeness (QED) is 0.893. The number of rotatable bonds is 2. The summed E-state index contributed by atoms with van der Waals surface area (Å²) in [5, 5.41) is 9.83. The van der Waals surface area contributed by atoms with Crippen LogP contribution in [0.2, 0.25) is 5.02 Å². The van der Waals surface area contributed by atoms with Crippen LogP contribution in [0.5, 0.6) is 0 Å². The average molecular weight is 264 g/mol. The second-order valence-electron chi connectivity index (χ2n) is 4.95. The van der Waals surface area contributed by atoms with Crippen molar-refractivity contribution >= 4 is 17.3 Å². The molecule has 0 radical (unpaired) electrons. The highest BCUT2D eigenvalue weighted by Gasteiger charge is 2.23. The minimum absolute atomic E-state index is 0.337. The number of benzene rings is 1. The highest BCUT2D eigenvalue weighted by Crippen LogP contribution is 2.29. The Kier molecular flexibility index (Phi) is 4.11. The zero-order valence-electron chi connectivity index (χ0n) is 10.6. The number of nitrogens with zero attached hydrogens (tertiary/aromatic N) is 2. The molecule has 0 aromatic heterocycles. The number of anilines is 1. The minimum Gasteiger partial charge on any atom is -0.371 e. The van der Waals surface area contributed by atoms with E-state index in [1.165, 1.54) is 0 Å². The number of nitrogens with two attached hydrogens (primary N) is 1. The fraction of sp³-hybridized carbons (Fsp3) is 0.500. The van der Waals surface area contributed by atoms with Gasteiger partial charge in [-0.05, 0) is 43.9 Å². The lowest BCUT2D eigenvalue weighted by atomic mass is 9.90. The van der Waals surface area contributed by atoms with Gasteiger partial charge in [0.15, 0.2) is 0 Å². The Labute approximate surface area is 113 Å². The van der Waals surface area contributed by atoms with E-state index in [0.29, 0.717) is 22.7 Å². The van der Waals surface area contributed by atoms with E-state index in [2.05, 4.69) is 11.0 Å². The van der Waals surface area contributed by atoms with Crippen LogP contribution in [0.15, 0.2) is 18.2 Å². The van der Waals surface area contributed by atoms with Gasteiger partial charge in [-0.1, -0.05) is 11.6 Å². The summed E-state index contributed by atoms with van der Waals surface area (Å²) >= 11 is 6.02. The summed E-state index contributed by atoms with van der Waals surface area (Å²) in [6.45, 7) is 0. The maximum atomic E-state index is 9.16. The van der Waals surface area contributed by atoms with Gasteiger partial charge in [0, 0.05) is 24.2 Å². The second kappa shape index (κ2) is 5.60. The fourth-order valence-electron chi connectivity index (χ4n) is 2.58. The number of hydrogen-bond acceptors (Lipinski definition) is 3. The molecular formula is C14H18ClN3. The lowest BCUT2D eigenvalue weighted by Crippen LogP contribution is -2.39. The monoisotopic (exact) mass is 263 g/mol. The van der Waals surface area contributed by atoms with Gasteiger partial charge in [0.05, 0.1) is 11.3 Å². The van der Waals surface area contributed by atoms with Crippen molar-refractivity contribution < 1.29 is 0 Å². The second-order valence-corrected chi connectivity index (χ2v) is 5.39. The molecule has 1 fully saturated rings. The predicted molar refractivity (Wildman–Crippen MR) is 74.8 cm³/mol. The van der Waals surface area contributed by atoms with E-state index < -0.39 is 0 Å². The molecule has 2 N–H and O–H groups in total. The molecule has 0 aliphatic heterocycles. The van der Waals surface area contributed by atoms with Gasteiger partial charge in [0.2, 0.25) is 0 Å². The van der Waals surface area contributed by atoms with Crippen molar-refractivity contribution in [2.24, 2.45) is 5.73 Å². The zero-order valence-corrected chi connectivity index (χ0v) is 11.3. The molecule has 1 aromatic carbocycles. The van der Waals surface area contributed by atoms with Gasteiger partial charge in [-0.15, -0.1) is 0 Å². The predicted octanol–water partition coefficient (Wildman–Crippen LogP) is 2.92. The van der Waals surface area contributed by atoms with Gasteiger partial charge in [0.25, 0.3) is 0 Å². The van der Waals surface area contributed by atoms with Gasteiger partial charge >= 0.3 is 0 Å². The molecule has 0 atom stereocenters. The molecule has 0 spiro atoms. The SMILES string of the molecule is CN(c1cc(Cl)ccc1C#N)C1CCC(N)CC1. The van der Waals surface area contributed by atoms with Gasteiger partial charge in [0.1, 0.15) is 6.07 Å². The molecule has 2 rings (SSSR count). The highest BCUT2D eigenvalue weighted by molar-refractivity contribution is 6.30. The molecule has 0 heterocycles. The van der Waals surface area contributed by atoms with Crippen LogP contribution in [0.4, 0.5) is 5.69 Å². The van der Waals surface area contributed by atoms with Crippen LogP contribution in [0.3, 0.4) is 0 Å². The van der Waals surface area contributed by atoms with Crippen molar-refractivity contribution in [3.8, 4) is 6.07 Å². The summed E-state index contributed by atoms with van der Waals surface area (Å²) in [6, 6.07) is 8.43. The van der Waals surface area contributed by atoms with E-state index in [4.69, 9.17) is 22.6 Å². The Morgan fingerprint density at radius 1 is 1.33 bits per heavy atom. The van der Waals surface area contributed by atoms with E-state index in [0.717, 1.165) is 31.4 Å². The van der Waals surface area contributed by atoms with Crippen molar-refractivity contribution in [1.82, 2.24) is 0 Å². The molecule has 3 nitrogen and oxygen atoms in total. The van der Waals surface area contributed by atoms with Crippen LogP contribution >= 0.6 is 11.6 Å². The third kappa shape index (κ3) is 2.77. The van der Waals surface area contributed by atoms with E-state index in [1.807, 2.05) is 13.1 Å². The Hall–Kier alpha value is -1.24. The largest absolute Gasteiger partial charge is 0.371 e. The topological polar surface area (TPSA) is 53.0 Å². The zero-order chi connectivity index (χ0) is 13.1. The van der Waals surface area contributed by atoms with E-state index in [-0.39, 0.29) is 0 Å².